The van der Waals surface area contributed by atoms with Crippen LogP contribution in [0.3, 0.4) is 0 Å². The van der Waals surface area contributed by atoms with Gasteiger partial charge in [-0.15, -0.1) is 0 Å². The monoisotopic (exact) mass is 201 g/mol. The lowest BCUT2D eigenvalue weighted by Gasteiger charge is -2.05. The van der Waals surface area contributed by atoms with Gasteiger partial charge in [0.15, 0.2) is 5.41 Å². The Balaban J connectivity index is 2.25. The number of methoxy groups -OCH3 is 1. The van der Waals surface area contributed by atoms with Crippen LogP contribution in [0.1, 0.15) is 17.9 Å². The van der Waals surface area contributed by atoms with Gasteiger partial charge in [-0.05, 0) is 12.0 Å². The van der Waals surface area contributed by atoms with Gasteiger partial charge in [0.2, 0.25) is 0 Å². The lowest BCUT2D eigenvalue weighted by Crippen LogP contribution is -2.17. The molecule has 1 aliphatic carbocycles. The number of nitriles is 1. The first-order valence-electron chi connectivity index (χ1n) is 4.79. The summed E-state index contributed by atoms with van der Waals surface area (Å²) in [6, 6.07) is 11.7. The van der Waals surface area contributed by atoms with Gasteiger partial charge in [0.05, 0.1) is 13.2 Å². The summed E-state index contributed by atoms with van der Waals surface area (Å²) in [7, 11) is 1.32. The lowest BCUT2D eigenvalue weighted by molar-refractivity contribution is -0.144. The fourth-order valence-electron chi connectivity index (χ4n) is 1.93. The van der Waals surface area contributed by atoms with Crippen molar-refractivity contribution in [1.82, 2.24) is 0 Å². The van der Waals surface area contributed by atoms with Crippen molar-refractivity contribution in [2.24, 2.45) is 5.41 Å². The number of rotatable bonds is 2. The van der Waals surface area contributed by atoms with Gasteiger partial charge in [0.1, 0.15) is 0 Å². The van der Waals surface area contributed by atoms with Gasteiger partial charge in [-0.2, -0.15) is 5.26 Å². The molecular formula is C12H11NO2. The highest BCUT2D eigenvalue weighted by Crippen LogP contribution is 2.59. The molecule has 0 bridgehead atoms. The Morgan fingerprint density at radius 1 is 1.53 bits per heavy atom. The van der Waals surface area contributed by atoms with Crippen molar-refractivity contribution in [3.8, 4) is 6.07 Å². The van der Waals surface area contributed by atoms with Gasteiger partial charge >= 0.3 is 5.97 Å². The van der Waals surface area contributed by atoms with Crippen LogP contribution in [0.25, 0.3) is 0 Å². The molecule has 0 heterocycles. The Kier molecular flexibility index (Phi) is 2.20. The van der Waals surface area contributed by atoms with E-state index in [4.69, 9.17) is 5.26 Å². The smallest absolute Gasteiger partial charge is 0.326 e. The molecule has 1 saturated carbocycles. The quantitative estimate of drug-likeness (QED) is 0.686. The molecule has 0 saturated heterocycles. The molecule has 0 aliphatic heterocycles. The second kappa shape index (κ2) is 3.39. The molecule has 3 heteroatoms. The van der Waals surface area contributed by atoms with E-state index in [1.807, 2.05) is 30.3 Å². The highest BCUT2D eigenvalue weighted by Gasteiger charge is 2.62. The number of hydrogen-bond donors (Lipinski definition) is 0. The van der Waals surface area contributed by atoms with Crippen LogP contribution in [0.15, 0.2) is 30.3 Å². The van der Waals surface area contributed by atoms with Gasteiger partial charge < -0.3 is 4.74 Å². The van der Waals surface area contributed by atoms with Gasteiger partial charge in [0.25, 0.3) is 0 Å². The van der Waals surface area contributed by atoms with E-state index in [0.717, 1.165) is 5.56 Å². The van der Waals surface area contributed by atoms with Crippen molar-refractivity contribution in [2.45, 2.75) is 12.3 Å². The highest BCUT2D eigenvalue weighted by atomic mass is 16.5. The first-order chi connectivity index (χ1) is 7.24. The summed E-state index contributed by atoms with van der Waals surface area (Å²) in [6.45, 7) is 0. The van der Waals surface area contributed by atoms with E-state index in [1.165, 1.54) is 7.11 Å². The van der Waals surface area contributed by atoms with E-state index in [0.29, 0.717) is 6.42 Å². The number of esters is 1. The molecule has 2 unspecified atom stereocenters. The Hall–Kier alpha value is -1.82. The average Bonchev–Trinajstić information content (AvgIpc) is 3.05. The van der Waals surface area contributed by atoms with E-state index >= 15 is 0 Å². The number of nitrogens with zero attached hydrogens (tertiary/aromatic N) is 1. The molecule has 0 spiro atoms. The average molecular weight is 201 g/mol. The Morgan fingerprint density at radius 2 is 2.20 bits per heavy atom. The number of carbonyl (C=O) groups excluding carboxylic acids is 1. The number of hydrogen-bond acceptors (Lipinski definition) is 3. The minimum absolute atomic E-state index is 0.00356. The molecule has 1 aromatic rings. The van der Waals surface area contributed by atoms with Gasteiger partial charge in [-0.25, -0.2) is 0 Å². The zero-order valence-corrected chi connectivity index (χ0v) is 8.43. The van der Waals surface area contributed by atoms with Gasteiger partial charge in [-0.3, -0.25) is 4.79 Å². The Bertz CT molecular complexity index is 421. The van der Waals surface area contributed by atoms with E-state index in [1.54, 1.807) is 0 Å². The number of ether oxygens (including phenoxy) is 1. The zero-order chi connectivity index (χ0) is 10.9. The number of carbonyl (C=O) groups is 1. The summed E-state index contributed by atoms with van der Waals surface area (Å²) >= 11 is 0. The minimum atomic E-state index is -0.934. The predicted octanol–water partition coefficient (Wildman–Crippen LogP) is 1.86. The van der Waals surface area contributed by atoms with E-state index in [-0.39, 0.29) is 5.92 Å². The molecule has 1 aliphatic rings. The SMILES string of the molecule is COC(=O)C1(C#N)CC1c1ccccc1. The van der Waals surface area contributed by atoms with Crippen LogP contribution in [-0.4, -0.2) is 13.1 Å². The largest absolute Gasteiger partial charge is 0.468 e. The second-order valence-electron chi connectivity index (χ2n) is 3.74. The molecule has 2 atom stereocenters. The zero-order valence-electron chi connectivity index (χ0n) is 8.43. The third-order valence-corrected chi connectivity index (χ3v) is 2.91. The van der Waals surface area contributed by atoms with E-state index in [2.05, 4.69) is 10.8 Å². The van der Waals surface area contributed by atoms with Crippen LogP contribution in [0.2, 0.25) is 0 Å². The topological polar surface area (TPSA) is 50.1 Å². The molecule has 1 fully saturated rings. The first kappa shape index (κ1) is 9.72. The molecule has 0 N–H and O–H groups in total. The van der Waals surface area contributed by atoms with Crippen LogP contribution >= 0.6 is 0 Å². The fraction of sp³-hybridized carbons (Fsp3) is 0.333. The third-order valence-electron chi connectivity index (χ3n) is 2.91. The maximum atomic E-state index is 11.5. The molecular weight excluding hydrogens is 190 g/mol. The van der Waals surface area contributed by atoms with Gasteiger partial charge in [-0.1, -0.05) is 30.3 Å². The molecule has 76 valence electrons. The van der Waals surface area contributed by atoms with E-state index in [9.17, 15) is 4.79 Å². The van der Waals surface area contributed by atoms with Crippen molar-refractivity contribution in [3.63, 3.8) is 0 Å². The molecule has 2 rings (SSSR count). The van der Waals surface area contributed by atoms with Crippen molar-refractivity contribution < 1.29 is 9.53 Å². The molecule has 3 nitrogen and oxygen atoms in total. The minimum Gasteiger partial charge on any atom is -0.468 e. The number of benzene rings is 1. The van der Waals surface area contributed by atoms with Crippen LogP contribution in [0, 0.1) is 16.7 Å². The Morgan fingerprint density at radius 3 is 2.73 bits per heavy atom. The van der Waals surface area contributed by atoms with Crippen molar-refractivity contribution >= 4 is 5.97 Å². The maximum Gasteiger partial charge on any atom is 0.326 e. The summed E-state index contributed by atoms with van der Waals surface area (Å²) in [5.41, 5.74) is 0.0975. The Labute approximate surface area is 88.3 Å². The maximum absolute atomic E-state index is 11.5. The normalized spacial score (nSPS) is 27.9. The summed E-state index contributed by atoms with van der Waals surface area (Å²) in [6.07, 6.45) is 0.570. The summed E-state index contributed by atoms with van der Waals surface area (Å²) in [5.74, 6) is -0.421. The van der Waals surface area contributed by atoms with Crippen LogP contribution in [0.4, 0.5) is 0 Å². The third kappa shape index (κ3) is 1.39. The first-order valence-corrected chi connectivity index (χ1v) is 4.79. The van der Waals surface area contributed by atoms with Crippen molar-refractivity contribution in [3.05, 3.63) is 35.9 Å². The predicted molar refractivity (Wildman–Crippen MR) is 53.9 cm³/mol. The van der Waals surface area contributed by atoms with Crippen LogP contribution in [0.5, 0.6) is 0 Å². The summed E-state index contributed by atoms with van der Waals surface area (Å²) < 4.78 is 4.66. The summed E-state index contributed by atoms with van der Waals surface area (Å²) in [5, 5.41) is 9.04. The highest BCUT2D eigenvalue weighted by molar-refractivity contribution is 5.85. The summed E-state index contributed by atoms with van der Waals surface area (Å²) in [4.78, 5) is 11.5. The molecule has 15 heavy (non-hydrogen) atoms. The van der Waals surface area contributed by atoms with Crippen LogP contribution in [-0.2, 0) is 9.53 Å². The molecule has 1 aromatic carbocycles. The fourth-order valence-corrected chi connectivity index (χ4v) is 1.93. The molecule has 0 aromatic heterocycles. The van der Waals surface area contributed by atoms with Crippen LogP contribution < -0.4 is 0 Å². The van der Waals surface area contributed by atoms with Gasteiger partial charge in [0, 0.05) is 5.92 Å². The lowest BCUT2D eigenvalue weighted by atomic mass is 10.0. The molecule has 0 amide bonds. The van der Waals surface area contributed by atoms with Crippen molar-refractivity contribution in [2.75, 3.05) is 7.11 Å². The standard InChI is InChI=1S/C12H11NO2/c1-15-11(14)12(8-13)7-10(12)9-5-3-2-4-6-9/h2-6,10H,7H2,1H3. The van der Waals surface area contributed by atoms with E-state index < -0.39 is 11.4 Å². The second-order valence-corrected chi connectivity index (χ2v) is 3.74. The molecule has 0 radical (unpaired) electrons. The van der Waals surface area contributed by atoms with Crippen molar-refractivity contribution in [1.29, 1.82) is 5.26 Å².